The molecule has 0 saturated carbocycles. The summed E-state index contributed by atoms with van der Waals surface area (Å²) in [5.74, 6) is -1.67. The van der Waals surface area contributed by atoms with Gasteiger partial charge in [-0.3, -0.25) is 9.59 Å². The van der Waals surface area contributed by atoms with E-state index >= 15 is 0 Å². The van der Waals surface area contributed by atoms with Gasteiger partial charge in [-0.1, -0.05) is 37.0 Å². The van der Waals surface area contributed by atoms with Crippen LogP contribution < -0.4 is 5.32 Å². The third-order valence-electron chi connectivity index (χ3n) is 3.24. The van der Waals surface area contributed by atoms with Crippen molar-refractivity contribution in [3.05, 3.63) is 28.2 Å². The number of sulfone groups is 1. The van der Waals surface area contributed by atoms with Gasteiger partial charge in [0.15, 0.2) is 9.84 Å². The number of rotatable bonds is 9. The molecule has 0 aliphatic rings. The summed E-state index contributed by atoms with van der Waals surface area (Å²) in [5.41, 5.74) is 0.374. The van der Waals surface area contributed by atoms with Gasteiger partial charge in [0.1, 0.15) is 5.75 Å². The van der Waals surface area contributed by atoms with Crippen LogP contribution in [0.1, 0.15) is 26.7 Å². The van der Waals surface area contributed by atoms with Crippen LogP contribution in [0.2, 0.25) is 10.0 Å². The SMILES string of the molecule is CCCN(CC(=O)Nc1ccc(Cl)cc1Cl)C(=O)CS(=O)(=O)CCC. The van der Waals surface area contributed by atoms with Gasteiger partial charge < -0.3 is 10.2 Å². The molecule has 0 fully saturated rings. The second kappa shape index (κ2) is 9.99. The van der Waals surface area contributed by atoms with E-state index < -0.39 is 27.4 Å². The first kappa shape index (κ1) is 21.7. The lowest BCUT2D eigenvalue weighted by Gasteiger charge is -2.21. The normalized spacial score (nSPS) is 11.2. The predicted molar refractivity (Wildman–Crippen MR) is 101 cm³/mol. The van der Waals surface area contributed by atoms with E-state index in [-0.39, 0.29) is 17.3 Å². The molecule has 0 heterocycles. The van der Waals surface area contributed by atoms with E-state index in [9.17, 15) is 18.0 Å². The zero-order valence-corrected chi connectivity index (χ0v) is 16.5. The lowest BCUT2D eigenvalue weighted by Crippen LogP contribution is -2.41. The number of anilines is 1. The van der Waals surface area contributed by atoms with Crippen LogP contribution in [0.3, 0.4) is 0 Å². The van der Waals surface area contributed by atoms with Gasteiger partial charge >= 0.3 is 0 Å². The van der Waals surface area contributed by atoms with Crippen molar-refractivity contribution in [1.29, 1.82) is 0 Å². The summed E-state index contributed by atoms with van der Waals surface area (Å²) in [6, 6.07) is 4.63. The number of benzene rings is 1. The smallest absolute Gasteiger partial charge is 0.244 e. The number of amides is 2. The van der Waals surface area contributed by atoms with Crippen LogP contribution in [0.15, 0.2) is 18.2 Å². The highest BCUT2D eigenvalue weighted by Crippen LogP contribution is 2.25. The summed E-state index contributed by atoms with van der Waals surface area (Å²) >= 11 is 11.8. The van der Waals surface area contributed by atoms with Crippen molar-refractivity contribution in [1.82, 2.24) is 4.90 Å². The van der Waals surface area contributed by atoms with E-state index in [0.717, 1.165) is 0 Å². The Morgan fingerprint density at radius 1 is 1.16 bits per heavy atom. The first-order valence-electron chi connectivity index (χ1n) is 7.91. The fourth-order valence-corrected chi connectivity index (χ4v) is 3.96. The Hall–Kier alpha value is -1.31. The summed E-state index contributed by atoms with van der Waals surface area (Å²) in [4.78, 5) is 25.7. The zero-order valence-electron chi connectivity index (χ0n) is 14.2. The third-order valence-corrected chi connectivity index (χ3v) is 5.51. The molecule has 0 spiro atoms. The molecule has 6 nitrogen and oxygen atoms in total. The van der Waals surface area contributed by atoms with E-state index in [1.807, 2.05) is 6.92 Å². The van der Waals surface area contributed by atoms with Crippen molar-refractivity contribution in [3.8, 4) is 0 Å². The number of carbonyl (C=O) groups excluding carboxylic acids is 2. The van der Waals surface area contributed by atoms with E-state index in [2.05, 4.69) is 5.32 Å². The molecule has 0 aliphatic heterocycles. The number of hydrogen-bond acceptors (Lipinski definition) is 4. The van der Waals surface area contributed by atoms with Gasteiger partial charge in [0.2, 0.25) is 11.8 Å². The second-order valence-electron chi connectivity index (χ2n) is 5.58. The van der Waals surface area contributed by atoms with Gasteiger partial charge in [-0.05, 0) is 31.0 Å². The Bertz CT molecular complexity index is 723. The number of halogens is 2. The molecule has 0 aliphatic carbocycles. The Morgan fingerprint density at radius 2 is 1.84 bits per heavy atom. The average Bonchev–Trinajstić information content (AvgIpc) is 2.49. The Morgan fingerprint density at radius 3 is 2.40 bits per heavy atom. The summed E-state index contributed by atoms with van der Waals surface area (Å²) in [6.07, 6.45) is 1.05. The van der Waals surface area contributed by atoms with Crippen LogP contribution in [0.4, 0.5) is 5.69 Å². The molecule has 0 unspecified atom stereocenters. The molecule has 0 radical (unpaired) electrons. The molecule has 1 aromatic carbocycles. The van der Waals surface area contributed by atoms with E-state index in [1.165, 1.54) is 11.0 Å². The summed E-state index contributed by atoms with van der Waals surface area (Å²) in [5, 5.41) is 3.31. The molecule has 1 rings (SSSR count). The van der Waals surface area contributed by atoms with Gasteiger partial charge in [0, 0.05) is 11.6 Å². The maximum Gasteiger partial charge on any atom is 0.244 e. The van der Waals surface area contributed by atoms with Crippen LogP contribution in [-0.2, 0) is 19.4 Å². The average molecular weight is 409 g/mol. The van der Waals surface area contributed by atoms with E-state index in [1.54, 1.807) is 19.1 Å². The predicted octanol–water partition coefficient (Wildman–Crippen LogP) is 3.00. The highest BCUT2D eigenvalue weighted by atomic mass is 35.5. The summed E-state index contributed by atoms with van der Waals surface area (Å²) < 4.78 is 23.7. The minimum Gasteiger partial charge on any atom is -0.333 e. The summed E-state index contributed by atoms with van der Waals surface area (Å²) in [6.45, 7) is 3.62. The highest BCUT2D eigenvalue weighted by molar-refractivity contribution is 7.92. The molecule has 9 heteroatoms. The Balaban J connectivity index is 2.76. The van der Waals surface area contributed by atoms with Crippen molar-refractivity contribution in [2.75, 3.05) is 29.9 Å². The number of nitrogens with one attached hydrogen (secondary N) is 1. The van der Waals surface area contributed by atoms with Gasteiger partial charge in [-0.2, -0.15) is 0 Å². The number of carbonyl (C=O) groups is 2. The lowest BCUT2D eigenvalue weighted by molar-refractivity contribution is -0.132. The Labute approximate surface area is 158 Å². The number of hydrogen-bond donors (Lipinski definition) is 1. The molecule has 1 aromatic rings. The van der Waals surface area contributed by atoms with Crippen LogP contribution >= 0.6 is 23.2 Å². The fourth-order valence-electron chi connectivity index (χ4n) is 2.18. The monoisotopic (exact) mass is 408 g/mol. The zero-order chi connectivity index (χ0) is 19.0. The molecular weight excluding hydrogens is 387 g/mol. The van der Waals surface area contributed by atoms with Gasteiger partial charge in [0.05, 0.1) is 23.0 Å². The number of nitrogens with zero attached hydrogens (tertiary/aromatic N) is 1. The van der Waals surface area contributed by atoms with Crippen molar-refractivity contribution < 1.29 is 18.0 Å². The summed E-state index contributed by atoms with van der Waals surface area (Å²) in [7, 11) is -3.46. The first-order chi connectivity index (χ1) is 11.7. The molecule has 0 atom stereocenters. The van der Waals surface area contributed by atoms with Gasteiger partial charge in [-0.15, -0.1) is 0 Å². The highest BCUT2D eigenvalue weighted by Gasteiger charge is 2.22. The van der Waals surface area contributed by atoms with Gasteiger partial charge in [0.25, 0.3) is 0 Å². The van der Waals surface area contributed by atoms with Crippen LogP contribution in [0.25, 0.3) is 0 Å². The van der Waals surface area contributed by atoms with Crippen LogP contribution in [0, 0.1) is 0 Å². The molecule has 0 bridgehead atoms. The van der Waals surface area contributed by atoms with Crippen LogP contribution in [-0.4, -0.2) is 49.7 Å². The molecule has 2 amide bonds. The Kier molecular flexibility index (Phi) is 8.68. The molecule has 25 heavy (non-hydrogen) atoms. The maximum absolute atomic E-state index is 12.2. The van der Waals surface area contributed by atoms with Crippen molar-refractivity contribution in [3.63, 3.8) is 0 Å². The van der Waals surface area contributed by atoms with Crippen molar-refractivity contribution in [2.45, 2.75) is 26.7 Å². The van der Waals surface area contributed by atoms with E-state index in [4.69, 9.17) is 23.2 Å². The molecule has 0 saturated heterocycles. The van der Waals surface area contributed by atoms with Crippen LogP contribution in [0.5, 0.6) is 0 Å². The van der Waals surface area contributed by atoms with Crippen molar-refractivity contribution in [2.24, 2.45) is 0 Å². The first-order valence-corrected chi connectivity index (χ1v) is 10.5. The minimum atomic E-state index is -3.46. The minimum absolute atomic E-state index is 0.0503. The molecule has 140 valence electrons. The molecule has 1 N–H and O–H groups in total. The maximum atomic E-state index is 12.2. The topological polar surface area (TPSA) is 83.6 Å². The quantitative estimate of drug-likeness (QED) is 0.680. The second-order valence-corrected chi connectivity index (χ2v) is 8.61. The molecular formula is C16H22Cl2N2O4S. The molecule has 0 aromatic heterocycles. The van der Waals surface area contributed by atoms with Gasteiger partial charge in [-0.25, -0.2) is 8.42 Å². The lowest BCUT2D eigenvalue weighted by atomic mass is 10.3. The van der Waals surface area contributed by atoms with E-state index in [0.29, 0.717) is 30.1 Å². The third kappa shape index (κ3) is 7.63. The standard InChI is InChI=1S/C16H22Cl2N2O4S/c1-3-7-20(16(22)11-25(23,24)8-4-2)10-15(21)19-14-6-5-12(17)9-13(14)18/h5-6,9H,3-4,7-8,10-11H2,1-2H3,(H,19,21). The van der Waals surface area contributed by atoms with Crippen molar-refractivity contribution >= 4 is 50.5 Å². The largest absolute Gasteiger partial charge is 0.333 e. The fraction of sp³-hybridized carbons (Fsp3) is 0.500.